The van der Waals surface area contributed by atoms with Crippen molar-refractivity contribution in [1.29, 1.82) is 0 Å². The summed E-state index contributed by atoms with van der Waals surface area (Å²) in [4.78, 5) is 35.4. The van der Waals surface area contributed by atoms with Gasteiger partial charge in [0.15, 0.2) is 0 Å². The molecule has 0 aromatic heterocycles. The molecule has 2 amide bonds. The zero-order valence-electron chi connectivity index (χ0n) is 10.4. The van der Waals surface area contributed by atoms with E-state index in [9.17, 15) is 18.8 Å². The Morgan fingerprint density at radius 1 is 1.42 bits per heavy atom. The minimum absolute atomic E-state index is 0.0357. The van der Waals surface area contributed by atoms with Gasteiger partial charge in [-0.1, -0.05) is 6.92 Å². The summed E-state index contributed by atoms with van der Waals surface area (Å²) in [5, 5.41) is 2.24. The number of amides is 2. The van der Waals surface area contributed by atoms with Gasteiger partial charge in [-0.05, 0) is 24.6 Å². The van der Waals surface area contributed by atoms with E-state index in [0.29, 0.717) is 18.4 Å². The smallest absolute Gasteiger partial charge is 0.249 e. The van der Waals surface area contributed by atoms with E-state index < -0.39 is 23.7 Å². The first-order valence-electron chi connectivity index (χ1n) is 5.91. The van der Waals surface area contributed by atoms with Crippen molar-refractivity contribution in [1.82, 2.24) is 5.32 Å². The van der Waals surface area contributed by atoms with Crippen LogP contribution >= 0.6 is 0 Å². The number of carbonyl (C=O) groups is 3. The summed E-state index contributed by atoms with van der Waals surface area (Å²) in [7, 11) is 0. The van der Waals surface area contributed by atoms with Crippen LogP contribution in [0.2, 0.25) is 0 Å². The molecular weight excluding hydrogens is 251 g/mol. The van der Waals surface area contributed by atoms with Crippen LogP contribution in [-0.4, -0.2) is 30.7 Å². The van der Waals surface area contributed by atoms with Crippen LogP contribution in [0, 0.1) is 5.82 Å². The highest BCUT2D eigenvalue weighted by molar-refractivity contribution is 6.04. The van der Waals surface area contributed by atoms with E-state index in [1.54, 1.807) is 6.92 Å². The number of hydrogen-bond acceptors (Lipinski definition) is 4. The van der Waals surface area contributed by atoms with Crippen LogP contribution in [0.3, 0.4) is 0 Å². The third kappa shape index (κ3) is 2.62. The van der Waals surface area contributed by atoms with E-state index in [1.165, 1.54) is 17.0 Å². The summed E-state index contributed by atoms with van der Waals surface area (Å²) in [6, 6.07) is 3.23. The number of nitrogens with zero attached hydrogens (tertiary/aromatic N) is 1. The molecular formula is C13H13FN2O3. The predicted octanol–water partition coefficient (Wildman–Crippen LogP) is 0.880. The van der Waals surface area contributed by atoms with Gasteiger partial charge in [0, 0.05) is 11.3 Å². The molecule has 1 aliphatic rings. The lowest BCUT2D eigenvalue weighted by atomic mass is 10.1. The molecule has 1 heterocycles. The fourth-order valence-electron chi connectivity index (χ4n) is 2.17. The van der Waals surface area contributed by atoms with Crippen LogP contribution in [-0.2, 0) is 9.59 Å². The van der Waals surface area contributed by atoms with E-state index in [1.807, 2.05) is 0 Å². The second kappa shape index (κ2) is 5.17. The average molecular weight is 264 g/mol. The van der Waals surface area contributed by atoms with Crippen molar-refractivity contribution in [3.8, 4) is 0 Å². The van der Waals surface area contributed by atoms with Gasteiger partial charge >= 0.3 is 0 Å². The van der Waals surface area contributed by atoms with Gasteiger partial charge in [0.2, 0.25) is 11.8 Å². The Morgan fingerprint density at radius 3 is 2.79 bits per heavy atom. The molecule has 1 aromatic carbocycles. The fraction of sp³-hybridized carbons (Fsp3) is 0.308. The zero-order chi connectivity index (χ0) is 14.0. The van der Waals surface area contributed by atoms with Crippen molar-refractivity contribution >= 4 is 23.8 Å². The minimum atomic E-state index is -0.576. The molecule has 1 saturated heterocycles. The summed E-state index contributed by atoms with van der Waals surface area (Å²) in [6.07, 6.45) is 1.01. The van der Waals surface area contributed by atoms with Gasteiger partial charge in [-0.2, -0.15) is 0 Å². The van der Waals surface area contributed by atoms with Crippen molar-refractivity contribution in [2.45, 2.75) is 19.4 Å². The normalized spacial score (nSPS) is 19.3. The summed E-state index contributed by atoms with van der Waals surface area (Å²) in [5.41, 5.74) is 0.528. The monoisotopic (exact) mass is 264 g/mol. The second-order valence-corrected chi connectivity index (χ2v) is 4.32. The molecule has 1 aliphatic heterocycles. The molecule has 1 atom stereocenters. The summed E-state index contributed by atoms with van der Waals surface area (Å²) >= 11 is 0. The van der Waals surface area contributed by atoms with Crippen LogP contribution in [0.5, 0.6) is 0 Å². The van der Waals surface area contributed by atoms with Gasteiger partial charge in [-0.25, -0.2) is 4.39 Å². The van der Waals surface area contributed by atoms with E-state index in [0.717, 1.165) is 6.07 Å². The van der Waals surface area contributed by atoms with Crippen molar-refractivity contribution in [2.75, 3.05) is 11.4 Å². The highest BCUT2D eigenvalue weighted by atomic mass is 19.1. The maximum absolute atomic E-state index is 13.4. The molecule has 2 rings (SSSR count). The molecule has 5 nitrogen and oxygen atoms in total. The van der Waals surface area contributed by atoms with Crippen LogP contribution < -0.4 is 10.2 Å². The van der Waals surface area contributed by atoms with Crippen molar-refractivity contribution in [2.24, 2.45) is 0 Å². The molecule has 1 aromatic rings. The highest BCUT2D eigenvalue weighted by Gasteiger charge is 2.32. The highest BCUT2D eigenvalue weighted by Crippen LogP contribution is 2.23. The molecule has 0 saturated carbocycles. The van der Waals surface area contributed by atoms with Crippen LogP contribution in [0.15, 0.2) is 18.2 Å². The largest absolute Gasteiger partial charge is 0.350 e. The first-order valence-corrected chi connectivity index (χ1v) is 5.91. The van der Waals surface area contributed by atoms with Gasteiger partial charge in [0.1, 0.15) is 18.1 Å². The number of benzene rings is 1. The lowest BCUT2D eigenvalue weighted by Gasteiger charge is -2.35. The van der Waals surface area contributed by atoms with Gasteiger partial charge in [-0.15, -0.1) is 0 Å². The SMILES string of the molecule is CCC1C(=O)NC(=O)CN1c1cc(F)cc(C=O)c1. The second-order valence-electron chi connectivity index (χ2n) is 4.32. The molecule has 1 fully saturated rings. The van der Waals surface area contributed by atoms with E-state index in [4.69, 9.17) is 0 Å². The first kappa shape index (κ1) is 13.2. The number of halogens is 1. The number of anilines is 1. The maximum atomic E-state index is 13.4. The molecule has 100 valence electrons. The lowest BCUT2D eigenvalue weighted by molar-refractivity contribution is -0.132. The molecule has 0 aliphatic carbocycles. The molecule has 0 bridgehead atoms. The van der Waals surface area contributed by atoms with Gasteiger partial charge in [0.05, 0.1) is 6.54 Å². The number of piperazine rings is 1. The molecule has 1 N–H and O–H groups in total. The minimum Gasteiger partial charge on any atom is -0.350 e. The predicted molar refractivity (Wildman–Crippen MR) is 66.4 cm³/mol. The topological polar surface area (TPSA) is 66.5 Å². The Kier molecular flexibility index (Phi) is 3.59. The van der Waals surface area contributed by atoms with Gasteiger partial charge in [0.25, 0.3) is 0 Å². The molecule has 1 unspecified atom stereocenters. The van der Waals surface area contributed by atoms with Crippen LogP contribution in [0.4, 0.5) is 10.1 Å². The van der Waals surface area contributed by atoms with Crippen LogP contribution in [0.1, 0.15) is 23.7 Å². The van der Waals surface area contributed by atoms with Crippen molar-refractivity contribution in [3.63, 3.8) is 0 Å². The zero-order valence-corrected chi connectivity index (χ0v) is 10.4. The number of carbonyl (C=O) groups excluding carboxylic acids is 3. The molecule has 6 heteroatoms. The summed E-state index contributed by atoms with van der Waals surface area (Å²) < 4.78 is 13.4. The van der Waals surface area contributed by atoms with Gasteiger partial charge < -0.3 is 4.90 Å². The number of rotatable bonds is 3. The third-order valence-corrected chi connectivity index (χ3v) is 3.01. The van der Waals surface area contributed by atoms with Crippen molar-refractivity contribution in [3.05, 3.63) is 29.6 Å². The molecule has 0 radical (unpaired) electrons. The number of hydrogen-bond donors (Lipinski definition) is 1. The summed E-state index contributed by atoms with van der Waals surface area (Å²) in [6.45, 7) is 1.76. The Hall–Kier alpha value is -2.24. The van der Waals surface area contributed by atoms with E-state index in [2.05, 4.69) is 5.32 Å². The fourth-order valence-corrected chi connectivity index (χ4v) is 2.17. The van der Waals surface area contributed by atoms with E-state index in [-0.39, 0.29) is 12.1 Å². The molecule has 19 heavy (non-hydrogen) atoms. The molecule has 0 spiro atoms. The quantitative estimate of drug-likeness (QED) is 0.650. The number of nitrogens with one attached hydrogen (secondary N) is 1. The maximum Gasteiger partial charge on any atom is 0.249 e. The Morgan fingerprint density at radius 2 is 2.16 bits per heavy atom. The Bertz CT molecular complexity index is 545. The lowest BCUT2D eigenvalue weighted by Crippen LogP contribution is -2.58. The average Bonchev–Trinajstić information content (AvgIpc) is 2.37. The Labute approximate surface area is 109 Å². The van der Waals surface area contributed by atoms with Gasteiger partial charge in [-0.3, -0.25) is 19.7 Å². The van der Waals surface area contributed by atoms with Crippen molar-refractivity contribution < 1.29 is 18.8 Å². The number of imide groups is 1. The first-order chi connectivity index (χ1) is 9.05. The Balaban J connectivity index is 2.42. The van der Waals surface area contributed by atoms with Crippen LogP contribution in [0.25, 0.3) is 0 Å². The summed E-state index contributed by atoms with van der Waals surface area (Å²) in [5.74, 6) is -1.42. The number of aldehydes is 1. The third-order valence-electron chi connectivity index (χ3n) is 3.01. The van der Waals surface area contributed by atoms with E-state index >= 15 is 0 Å². The standard InChI is InChI=1S/C13H13FN2O3/c1-2-11-13(19)15-12(18)6-16(11)10-4-8(7-17)3-9(14)5-10/h3-5,7,11H,2,6H2,1H3,(H,15,18,19).